The highest BCUT2D eigenvalue weighted by molar-refractivity contribution is 5.80. The first-order valence-electron chi connectivity index (χ1n) is 28.7. The summed E-state index contributed by atoms with van der Waals surface area (Å²) in [5.41, 5.74) is 0. The monoisotopic (exact) mass is 888 g/mol. The first-order valence-corrected chi connectivity index (χ1v) is 28.7. The zero-order chi connectivity index (χ0) is 45.8. The van der Waals surface area contributed by atoms with Crippen LogP contribution in [-0.2, 0) is 4.79 Å². The van der Waals surface area contributed by atoms with Crippen molar-refractivity contribution in [1.29, 1.82) is 0 Å². The van der Waals surface area contributed by atoms with Gasteiger partial charge in [-0.1, -0.05) is 295 Å². The third-order valence-electron chi connectivity index (χ3n) is 13.5. The smallest absolute Gasteiger partial charge is 0.249 e. The molecular weight excluding hydrogens is 775 g/mol. The second kappa shape index (κ2) is 53.4. The highest BCUT2D eigenvalue weighted by Crippen LogP contribution is 2.17. The summed E-state index contributed by atoms with van der Waals surface area (Å²) in [6.07, 6.45) is 68.3. The van der Waals surface area contributed by atoms with Crippen LogP contribution in [0, 0.1) is 0 Å². The van der Waals surface area contributed by atoms with E-state index in [1.807, 2.05) is 6.08 Å². The average molecular weight is 889 g/mol. The third-order valence-corrected chi connectivity index (χ3v) is 13.5. The fourth-order valence-electron chi connectivity index (χ4n) is 9.07. The molecule has 0 aliphatic rings. The lowest BCUT2D eigenvalue weighted by Crippen LogP contribution is -2.48. The molecule has 0 aliphatic heterocycles. The number of aliphatic hydroxyl groups excluding tert-OH is 3. The summed E-state index contributed by atoms with van der Waals surface area (Å²) in [4.78, 5) is 12.6. The van der Waals surface area contributed by atoms with E-state index < -0.39 is 24.2 Å². The van der Waals surface area contributed by atoms with Gasteiger partial charge < -0.3 is 20.6 Å². The van der Waals surface area contributed by atoms with E-state index in [1.165, 1.54) is 263 Å². The molecule has 0 rings (SSSR count). The summed E-state index contributed by atoms with van der Waals surface area (Å²) in [6.45, 7) is 4.22. The zero-order valence-electron chi connectivity index (χ0n) is 42.7. The van der Waals surface area contributed by atoms with Gasteiger partial charge in [0.15, 0.2) is 0 Å². The van der Waals surface area contributed by atoms with Crippen molar-refractivity contribution in [2.45, 2.75) is 334 Å². The molecule has 5 heteroatoms. The van der Waals surface area contributed by atoms with Crippen LogP contribution in [0.25, 0.3) is 0 Å². The number of nitrogens with one attached hydrogen (secondary N) is 1. The second-order valence-corrected chi connectivity index (χ2v) is 19.9. The van der Waals surface area contributed by atoms with Gasteiger partial charge in [-0.25, -0.2) is 0 Å². The molecule has 0 aromatic carbocycles. The van der Waals surface area contributed by atoms with E-state index in [0.29, 0.717) is 6.42 Å². The molecule has 0 spiro atoms. The van der Waals surface area contributed by atoms with Gasteiger partial charge in [0.05, 0.1) is 18.8 Å². The Balaban J connectivity index is 3.56. The summed E-state index contributed by atoms with van der Waals surface area (Å²) in [7, 11) is 0. The number of unbranched alkanes of at least 4 members (excludes halogenated alkanes) is 43. The summed E-state index contributed by atoms with van der Waals surface area (Å²) in [5, 5.41) is 33.4. The van der Waals surface area contributed by atoms with E-state index in [-0.39, 0.29) is 6.61 Å². The molecule has 4 N–H and O–H groups in total. The van der Waals surface area contributed by atoms with E-state index in [1.54, 1.807) is 6.08 Å². The predicted octanol–water partition coefficient (Wildman–Crippen LogP) is 17.7. The van der Waals surface area contributed by atoms with Crippen LogP contribution in [0.2, 0.25) is 0 Å². The first-order chi connectivity index (χ1) is 31.1. The number of hydrogen-bond donors (Lipinski definition) is 4. The van der Waals surface area contributed by atoms with Crippen molar-refractivity contribution in [3.8, 4) is 0 Å². The molecule has 374 valence electrons. The second-order valence-electron chi connectivity index (χ2n) is 19.9. The molecule has 0 radical (unpaired) electrons. The number of allylic oxidation sites excluding steroid dienone is 3. The molecule has 3 unspecified atom stereocenters. The fourth-order valence-corrected chi connectivity index (χ4v) is 9.07. The summed E-state index contributed by atoms with van der Waals surface area (Å²) >= 11 is 0. The molecule has 63 heavy (non-hydrogen) atoms. The SMILES string of the molecule is CCCCCCCCCCCCCC/C=C\CCCCCCCCCCCC(O)C(=O)NC(CO)C(O)/C=C/CCCCCCCCCCCCCCCCCCCCCCCC. The molecule has 3 atom stereocenters. The third kappa shape index (κ3) is 48.6. The number of aliphatic hydroxyl groups is 3. The maximum Gasteiger partial charge on any atom is 0.249 e. The van der Waals surface area contributed by atoms with Gasteiger partial charge in [0, 0.05) is 0 Å². The summed E-state index contributed by atoms with van der Waals surface area (Å²) in [6, 6.07) is -0.798. The highest BCUT2D eigenvalue weighted by Gasteiger charge is 2.22. The van der Waals surface area contributed by atoms with Gasteiger partial charge >= 0.3 is 0 Å². The predicted molar refractivity (Wildman–Crippen MR) is 278 cm³/mol. The normalized spacial score (nSPS) is 13.4. The van der Waals surface area contributed by atoms with Gasteiger partial charge in [-0.15, -0.1) is 0 Å². The van der Waals surface area contributed by atoms with Crippen LogP contribution in [0.1, 0.15) is 316 Å². The van der Waals surface area contributed by atoms with E-state index in [9.17, 15) is 20.1 Å². The van der Waals surface area contributed by atoms with Crippen molar-refractivity contribution in [2.75, 3.05) is 6.61 Å². The molecule has 0 aromatic heterocycles. The molecule has 0 bridgehead atoms. The molecule has 1 amide bonds. The fraction of sp³-hybridized carbons (Fsp3) is 0.914. The standard InChI is InChI=1S/C58H113NO4/c1-3-5-7-9-11-13-15-17-19-21-23-25-27-29-31-33-35-37-39-41-43-45-47-49-51-53-57(62)58(63)59-55(54-60)56(61)52-50-48-46-44-42-40-38-36-34-32-30-28-26-24-22-20-18-16-14-12-10-8-6-4-2/h29,31,50,52,55-57,60-62H,3-28,30,32-49,51,53-54H2,1-2H3,(H,59,63)/b31-29-,52-50+. The highest BCUT2D eigenvalue weighted by atomic mass is 16.3. The molecule has 0 aliphatic carbocycles. The van der Waals surface area contributed by atoms with E-state index >= 15 is 0 Å². The Hall–Kier alpha value is -1.17. The number of carbonyl (C=O) groups is 1. The van der Waals surface area contributed by atoms with Gasteiger partial charge in [0.1, 0.15) is 6.10 Å². The topological polar surface area (TPSA) is 89.8 Å². The van der Waals surface area contributed by atoms with E-state index in [4.69, 9.17) is 0 Å². The van der Waals surface area contributed by atoms with Crippen LogP contribution in [0.4, 0.5) is 0 Å². The van der Waals surface area contributed by atoms with E-state index in [2.05, 4.69) is 31.3 Å². The van der Waals surface area contributed by atoms with Gasteiger partial charge in [0.25, 0.3) is 0 Å². The van der Waals surface area contributed by atoms with Crippen molar-refractivity contribution in [1.82, 2.24) is 5.32 Å². The van der Waals surface area contributed by atoms with Crippen molar-refractivity contribution in [2.24, 2.45) is 0 Å². The molecule has 0 heterocycles. The molecule has 5 nitrogen and oxygen atoms in total. The quantitative estimate of drug-likeness (QED) is 0.0362. The van der Waals surface area contributed by atoms with Crippen molar-refractivity contribution < 1.29 is 20.1 Å². The zero-order valence-corrected chi connectivity index (χ0v) is 42.7. The van der Waals surface area contributed by atoms with Crippen LogP contribution < -0.4 is 5.32 Å². The molecule has 0 fully saturated rings. The van der Waals surface area contributed by atoms with Gasteiger partial charge in [-0.2, -0.15) is 0 Å². The van der Waals surface area contributed by atoms with Crippen molar-refractivity contribution in [3.63, 3.8) is 0 Å². The molecular formula is C58H113NO4. The van der Waals surface area contributed by atoms with Crippen molar-refractivity contribution >= 4 is 5.91 Å². The largest absolute Gasteiger partial charge is 0.394 e. The Labute approximate surface area is 394 Å². The lowest BCUT2D eigenvalue weighted by atomic mass is 10.0. The minimum absolute atomic E-state index is 0.362. The number of hydrogen-bond acceptors (Lipinski definition) is 4. The van der Waals surface area contributed by atoms with Crippen LogP contribution in [0.3, 0.4) is 0 Å². The van der Waals surface area contributed by atoms with Crippen LogP contribution in [-0.4, -0.2) is 46.1 Å². The van der Waals surface area contributed by atoms with Crippen molar-refractivity contribution in [3.05, 3.63) is 24.3 Å². The average Bonchev–Trinajstić information content (AvgIpc) is 3.29. The van der Waals surface area contributed by atoms with Gasteiger partial charge in [-0.05, 0) is 44.9 Å². The maximum absolute atomic E-state index is 12.6. The van der Waals surface area contributed by atoms with Gasteiger partial charge in [0.2, 0.25) is 5.91 Å². The lowest BCUT2D eigenvalue weighted by molar-refractivity contribution is -0.131. The molecule has 0 saturated heterocycles. The van der Waals surface area contributed by atoms with Crippen LogP contribution in [0.5, 0.6) is 0 Å². The van der Waals surface area contributed by atoms with E-state index in [0.717, 1.165) is 32.1 Å². The Morgan fingerprint density at radius 2 is 0.635 bits per heavy atom. The first kappa shape index (κ1) is 61.8. The number of carbonyl (C=O) groups excluding carboxylic acids is 1. The minimum atomic E-state index is -1.10. The molecule has 0 aromatic rings. The Morgan fingerprint density at radius 3 is 0.921 bits per heavy atom. The minimum Gasteiger partial charge on any atom is -0.394 e. The maximum atomic E-state index is 12.6. The number of rotatable bonds is 53. The van der Waals surface area contributed by atoms with Crippen LogP contribution >= 0.6 is 0 Å². The Bertz CT molecular complexity index is 936. The Kier molecular flexibility index (Phi) is 52.5. The van der Waals surface area contributed by atoms with Crippen LogP contribution in [0.15, 0.2) is 24.3 Å². The number of amides is 1. The summed E-state index contributed by atoms with van der Waals surface area (Å²) < 4.78 is 0. The van der Waals surface area contributed by atoms with Gasteiger partial charge in [-0.3, -0.25) is 4.79 Å². The summed E-state index contributed by atoms with van der Waals surface area (Å²) in [5.74, 6) is -0.500. The Morgan fingerprint density at radius 1 is 0.381 bits per heavy atom. The molecule has 0 saturated carbocycles. The lowest BCUT2D eigenvalue weighted by Gasteiger charge is -2.21.